The van der Waals surface area contributed by atoms with Gasteiger partial charge < -0.3 is 4.57 Å². The van der Waals surface area contributed by atoms with Crippen molar-refractivity contribution in [3.63, 3.8) is 0 Å². The first-order chi connectivity index (χ1) is 10.6. The minimum atomic E-state index is 0.297. The molecule has 3 heterocycles. The number of nitrogens with one attached hydrogen (secondary N) is 1. The molecule has 1 aliphatic heterocycles. The van der Waals surface area contributed by atoms with Crippen LogP contribution in [0.2, 0.25) is 0 Å². The standard InChI is InChI=1S/C15H25N7/c1-10(2)14-16-15(20-19-14)12-7-5-6-8-22(12)9-13-18-17-11(3)21(13)4/h10,12H,5-9H2,1-4H3,(H,16,19,20). The van der Waals surface area contributed by atoms with Gasteiger partial charge in [0.2, 0.25) is 0 Å². The molecule has 1 atom stereocenters. The molecule has 1 aliphatic rings. The zero-order valence-electron chi connectivity index (χ0n) is 13.9. The highest BCUT2D eigenvalue weighted by Gasteiger charge is 2.28. The molecule has 0 radical (unpaired) electrons. The molecule has 120 valence electrons. The highest BCUT2D eigenvalue weighted by atomic mass is 15.3. The number of rotatable bonds is 4. The largest absolute Gasteiger partial charge is 0.317 e. The SMILES string of the molecule is Cc1nnc(CN2CCCCC2c2nc(C(C)C)n[nH]2)n1C. The third-order valence-electron chi connectivity index (χ3n) is 4.49. The lowest BCUT2D eigenvalue weighted by Gasteiger charge is -2.33. The van der Waals surface area contributed by atoms with Crippen molar-refractivity contribution in [3.8, 4) is 0 Å². The van der Waals surface area contributed by atoms with E-state index in [9.17, 15) is 0 Å². The van der Waals surface area contributed by atoms with Gasteiger partial charge in [-0.3, -0.25) is 10.00 Å². The van der Waals surface area contributed by atoms with Crippen LogP contribution in [0.5, 0.6) is 0 Å². The molecular formula is C15H25N7. The Morgan fingerprint density at radius 2 is 2.09 bits per heavy atom. The monoisotopic (exact) mass is 303 g/mol. The fraction of sp³-hybridized carbons (Fsp3) is 0.733. The number of aromatic nitrogens is 6. The average molecular weight is 303 g/mol. The van der Waals surface area contributed by atoms with Gasteiger partial charge >= 0.3 is 0 Å². The number of aromatic amines is 1. The summed E-state index contributed by atoms with van der Waals surface area (Å²) in [7, 11) is 2.02. The Hall–Kier alpha value is -1.76. The van der Waals surface area contributed by atoms with E-state index in [1.807, 2.05) is 14.0 Å². The number of aryl methyl sites for hydroxylation is 1. The van der Waals surface area contributed by atoms with Gasteiger partial charge in [-0.2, -0.15) is 5.10 Å². The Morgan fingerprint density at radius 3 is 2.73 bits per heavy atom. The lowest BCUT2D eigenvalue weighted by Crippen LogP contribution is -2.34. The van der Waals surface area contributed by atoms with E-state index in [1.54, 1.807) is 0 Å². The number of H-pyrrole nitrogens is 1. The molecule has 0 aliphatic carbocycles. The summed E-state index contributed by atoms with van der Waals surface area (Å²) in [5.41, 5.74) is 0. The molecule has 0 bridgehead atoms. The molecule has 1 fully saturated rings. The van der Waals surface area contributed by atoms with Crippen LogP contribution in [-0.4, -0.2) is 41.4 Å². The Bertz CT molecular complexity index is 628. The van der Waals surface area contributed by atoms with Crippen LogP contribution in [0.1, 0.15) is 68.4 Å². The molecular weight excluding hydrogens is 278 g/mol. The zero-order chi connectivity index (χ0) is 15.7. The molecule has 0 amide bonds. The minimum absolute atomic E-state index is 0.297. The Balaban J connectivity index is 1.80. The molecule has 7 heteroatoms. The van der Waals surface area contributed by atoms with Gasteiger partial charge in [0.05, 0.1) is 12.6 Å². The first-order valence-corrected chi connectivity index (χ1v) is 8.07. The highest BCUT2D eigenvalue weighted by Crippen LogP contribution is 2.30. The fourth-order valence-corrected chi connectivity index (χ4v) is 2.96. The lowest BCUT2D eigenvalue weighted by atomic mass is 10.0. The van der Waals surface area contributed by atoms with Crippen molar-refractivity contribution in [2.24, 2.45) is 7.05 Å². The quantitative estimate of drug-likeness (QED) is 0.936. The second-order valence-electron chi connectivity index (χ2n) is 6.44. The van der Waals surface area contributed by atoms with Crippen LogP contribution in [0.15, 0.2) is 0 Å². The van der Waals surface area contributed by atoms with Crippen molar-refractivity contribution in [2.45, 2.75) is 58.5 Å². The molecule has 0 aromatic carbocycles. The van der Waals surface area contributed by atoms with Crippen LogP contribution in [-0.2, 0) is 13.6 Å². The molecule has 1 saturated heterocycles. The van der Waals surface area contributed by atoms with Crippen molar-refractivity contribution >= 4 is 0 Å². The van der Waals surface area contributed by atoms with Gasteiger partial charge in [-0.25, -0.2) is 4.98 Å². The van der Waals surface area contributed by atoms with Crippen LogP contribution in [0.4, 0.5) is 0 Å². The minimum Gasteiger partial charge on any atom is -0.317 e. The molecule has 22 heavy (non-hydrogen) atoms. The molecule has 2 aromatic heterocycles. The fourth-order valence-electron chi connectivity index (χ4n) is 2.96. The third-order valence-corrected chi connectivity index (χ3v) is 4.49. The topological polar surface area (TPSA) is 75.5 Å². The molecule has 3 rings (SSSR count). The van der Waals surface area contributed by atoms with Crippen molar-refractivity contribution in [2.75, 3.05) is 6.54 Å². The Morgan fingerprint density at radius 1 is 1.27 bits per heavy atom. The van der Waals surface area contributed by atoms with Crippen molar-refractivity contribution in [1.82, 2.24) is 34.8 Å². The van der Waals surface area contributed by atoms with Gasteiger partial charge in [-0.05, 0) is 26.3 Å². The van der Waals surface area contributed by atoms with Gasteiger partial charge in [-0.15, -0.1) is 10.2 Å². The van der Waals surface area contributed by atoms with E-state index < -0.39 is 0 Å². The van der Waals surface area contributed by atoms with Gasteiger partial charge in [0.25, 0.3) is 0 Å². The summed E-state index contributed by atoms with van der Waals surface area (Å²) in [5.74, 6) is 4.19. The maximum absolute atomic E-state index is 4.70. The van der Waals surface area contributed by atoms with Crippen molar-refractivity contribution < 1.29 is 0 Å². The number of likely N-dealkylation sites (tertiary alicyclic amines) is 1. The van der Waals surface area contributed by atoms with Crippen LogP contribution in [0.25, 0.3) is 0 Å². The summed E-state index contributed by atoms with van der Waals surface area (Å²) >= 11 is 0. The molecule has 2 aromatic rings. The second kappa shape index (κ2) is 6.16. The number of hydrogen-bond acceptors (Lipinski definition) is 5. The predicted octanol–water partition coefficient (Wildman–Crippen LogP) is 2.09. The van der Waals surface area contributed by atoms with Crippen molar-refractivity contribution in [3.05, 3.63) is 23.3 Å². The zero-order valence-corrected chi connectivity index (χ0v) is 13.9. The van der Waals surface area contributed by atoms with E-state index in [2.05, 4.69) is 43.7 Å². The van der Waals surface area contributed by atoms with Gasteiger partial charge in [0.1, 0.15) is 17.5 Å². The third kappa shape index (κ3) is 2.90. The highest BCUT2D eigenvalue weighted by molar-refractivity contribution is 5.03. The van der Waals surface area contributed by atoms with E-state index in [4.69, 9.17) is 4.98 Å². The number of piperidine rings is 1. The van der Waals surface area contributed by atoms with Gasteiger partial charge in [0.15, 0.2) is 5.82 Å². The summed E-state index contributed by atoms with van der Waals surface area (Å²) in [4.78, 5) is 7.14. The predicted molar refractivity (Wildman–Crippen MR) is 83.2 cm³/mol. The maximum atomic E-state index is 4.70. The Labute approximate surface area is 131 Å². The molecule has 1 unspecified atom stereocenters. The molecule has 0 saturated carbocycles. The van der Waals surface area contributed by atoms with E-state index >= 15 is 0 Å². The maximum Gasteiger partial charge on any atom is 0.153 e. The van der Waals surface area contributed by atoms with E-state index in [-0.39, 0.29) is 0 Å². The molecule has 0 spiro atoms. The molecule has 7 nitrogen and oxygen atoms in total. The summed E-state index contributed by atoms with van der Waals surface area (Å²) in [5, 5.41) is 16.0. The van der Waals surface area contributed by atoms with Gasteiger partial charge in [-0.1, -0.05) is 20.3 Å². The lowest BCUT2D eigenvalue weighted by molar-refractivity contribution is 0.129. The van der Waals surface area contributed by atoms with Crippen LogP contribution in [0.3, 0.4) is 0 Å². The smallest absolute Gasteiger partial charge is 0.153 e. The van der Waals surface area contributed by atoms with Gasteiger partial charge in [0, 0.05) is 13.0 Å². The number of hydrogen-bond donors (Lipinski definition) is 1. The van der Waals surface area contributed by atoms with Crippen LogP contribution < -0.4 is 0 Å². The number of nitrogens with zero attached hydrogens (tertiary/aromatic N) is 6. The summed E-state index contributed by atoms with van der Waals surface area (Å²) in [6.07, 6.45) is 3.57. The van der Waals surface area contributed by atoms with E-state index in [0.29, 0.717) is 12.0 Å². The molecule has 1 N–H and O–H groups in total. The van der Waals surface area contributed by atoms with E-state index in [1.165, 1.54) is 12.8 Å². The summed E-state index contributed by atoms with van der Waals surface area (Å²) < 4.78 is 2.06. The average Bonchev–Trinajstić information content (AvgIpc) is 3.11. The normalized spacial score (nSPS) is 20.0. The van der Waals surface area contributed by atoms with Crippen LogP contribution in [0, 0.1) is 6.92 Å². The van der Waals surface area contributed by atoms with Crippen LogP contribution >= 0.6 is 0 Å². The first-order valence-electron chi connectivity index (χ1n) is 8.07. The Kier molecular flexibility index (Phi) is 4.24. The summed E-state index contributed by atoms with van der Waals surface area (Å²) in [6, 6.07) is 0.297. The van der Waals surface area contributed by atoms with E-state index in [0.717, 1.165) is 42.8 Å². The van der Waals surface area contributed by atoms with Crippen molar-refractivity contribution in [1.29, 1.82) is 0 Å². The summed E-state index contributed by atoms with van der Waals surface area (Å²) in [6.45, 7) is 8.09. The second-order valence-corrected chi connectivity index (χ2v) is 6.44. The first kappa shape index (κ1) is 15.1.